The van der Waals surface area contributed by atoms with Gasteiger partial charge in [-0.1, -0.05) is 0 Å². The minimum atomic E-state index is -5.85. The van der Waals surface area contributed by atoms with Crippen LogP contribution in [0.1, 0.15) is 25.8 Å². The van der Waals surface area contributed by atoms with Crippen LogP contribution in [0.4, 0.5) is 8.78 Å². The fourth-order valence-electron chi connectivity index (χ4n) is 2.99. The molecule has 1 aromatic rings. The number of hydrogen-bond acceptors (Lipinski definition) is 10. The van der Waals surface area contributed by atoms with Gasteiger partial charge in [-0.25, -0.2) is 22.9 Å². The largest absolute Gasteiger partial charge is 0.490 e. The van der Waals surface area contributed by atoms with Crippen molar-refractivity contribution in [1.29, 1.82) is 0 Å². The van der Waals surface area contributed by atoms with Gasteiger partial charge in [0.15, 0.2) is 11.9 Å². The first-order chi connectivity index (χ1) is 14.7. The van der Waals surface area contributed by atoms with E-state index in [0.29, 0.717) is 4.57 Å². The third-order valence-electron chi connectivity index (χ3n) is 4.39. The normalized spacial score (nSPS) is 30.5. The van der Waals surface area contributed by atoms with Crippen molar-refractivity contribution in [1.82, 2.24) is 9.55 Å². The number of H-pyrrole nitrogens is 1. The second kappa shape index (κ2) is 9.15. The number of halogens is 2. The summed E-state index contributed by atoms with van der Waals surface area (Å²) in [6.45, 7) is 2.57. The predicted molar refractivity (Wildman–Crippen MR) is 99.9 cm³/mol. The minimum absolute atomic E-state index is 0.345. The van der Waals surface area contributed by atoms with Crippen LogP contribution in [-0.4, -0.2) is 58.2 Å². The van der Waals surface area contributed by atoms with Crippen molar-refractivity contribution < 1.29 is 65.0 Å². The van der Waals surface area contributed by atoms with Crippen molar-refractivity contribution in [3.05, 3.63) is 32.3 Å². The summed E-state index contributed by atoms with van der Waals surface area (Å²) >= 11 is 0. The van der Waals surface area contributed by atoms with E-state index in [1.54, 1.807) is 4.98 Å². The molecule has 2 rings (SSSR count). The number of phosphoric ester groups is 1. The molecule has 33 heavy (non-hydrogen) atoms. The summed E-state index contributed by atoms with van der Waals surface area (Å²) in [5, 5.41) is 10.3. The monoisotopic (exact) mass is 546 g/mol. The van der Waals surface area contributed by atoms with Crippen LogP contribution in [0.2, 0.25) is 0 Å². The van der Waals surface area contributed by atoms with Gasteiger partial charge in [0.25, 0.3) is 5.56 Å². The van der Waals surface area contributed by atoms with E-state index in [1.165, 1.54) is 0 Å². The number of aromatic nitrogens is 2. The molecule has 0 bridgehead atoms. The summed E-state index contributed by atoms with van der Waals surface area (Å²) in [5.41, 5.74) is -6.24. The van der Waals surface area contributed by atoms with Crippen LogP contribution < -0.4 is 11.2 Å². The minimum Gasteiger partial charge on any atom is -0.387 e. The Morgan fingerprint density at radius 1 is 1.15 bits per heavy atom. The summed E-state index contributed by atoms with van der Waals surface area (Å²) in [6, 6.07) is 0. The van der Waals surface area contributed by atoms with Gasteiger partial charge in [-0.2, -0.15) is 13.0 Å². The average Bonchev–Trinajstić information content (AvgIpc) is 2.80. The summed E-state index contributed by atoms with van der Waals surface area (Å²) in [6.07, 6.45) is -8.04. The van der Waals surface area contributed by atoms with E-state index in [0.717, 1.165) is 20.8 Å². The topological polar surface area (TPSA) is 244 Å². The van der Waals surface area contributed by atoms with Gasteiger partial charge in [-0.3, -0.25) is 18.9 Å². The van der Waals surface area contributed by atoms with Crippen LogP contribution >= 0.6 is 23.5 Å². The van der Waals surface area contributed by atoms with E-state index in [-0.39, 0.29) is 0 Å². The SMILES string of the molecule is Cc1c(F)c(=O)[nH]c(=O)n1[C@@H]1O[C@H]([C@H](C)OP(=O)(O)OP(=O)(O)OP(=O)(O)O)C(O)[C@@]1(C)F. The third-order valence-corrected chi connectivity index (χ3v) is 8.31. The molecule has 6 N–H and O–H groups in total. The molecular weight excluding hydrogens is 527 g/mol. The number of rotatable bonds is 8. The molecule has 3 unspecified atom stereocenters. The van der Waals surface area contributed by atoms with Crippen LogP contribution in [0.5, 0.6) is 0 Å². The summed E-state index contributed by atoms with van der Waals surface area (Å²) < 4.78 is 80.4. The number of aliphatic hydroxyl groups excluding tert-OH is 1. The Kier molecular flexibility index (Phi) is 7.79. The van der Waals surface area contributed by atoms with Gasteiger partial charge in [0, 0.05) is 0 Å². The Hall–Kier alpha value is -1.13. The van der Waals surface area contributed by atoms with E-state index < -0.39 is 76.4 Å². The van der Waals surface area contributed by atoms with Gasteiger partial charge in [0.1, 0.15) is 12.2 Å². The smallest absolute Gasteiger partial charge is 0.387 e. The van der Waals surface area contributed by atoms with E-state index in [9.17, 15) is 37.7 Å². The maximum atomic E-state index is 15.3. The van der Waals surface area contributed by atoms with Crippen molar-refractivity contribution >= 4 is 23.5 Å². The molecule has 7 atom stereocenters. The zero-order chi connectivity index (χ0) is 25.7. The first-order valence-electron chi connectivity index (χ1n) is 8.54. The number of phosphoric acid groups is 3. The molecule has 2 heterocycles. The molecule has 190 valence electrons. The van der Waals surface area contributed by atoms with Gasteiger partial charge in [-0.15, -0.1) is 0 Å². The van der Waals surface area contributed by atoms with Crippen LogP contribution in [0, 0.1) is 12.7 Å². The molecule has 1 aromatic heterocycles. The lowest BCUT2D eigenvalue weighted by molar-refractivity contribution is -0.0816. The zero-order valence-corrected chi connectivity index (χ0v) is 19.4. The predicted octanol–water partition coefficient (Wildman–Crippen LogP) is -0.298. The van der Waals surface area contributed by atoms with Crippen molar-refractivity contribution in [3.8, 4) is 0 Å². The van der Waals surface area contributed by atoms with Crippen LogP contribution in [-0.2, 0) is 31.6 Å². The second-order valence-electron chi connectivity index (χ2n) is 6.98. The van der Waals surface area contributed by atoms with Gasteiger partial charge in [-0.05, 0) is 20.8 Å². The number of hydrogen-bond donors (Lipinski definition) is 6. The first-order valence-corrected chi connectivity index (χ1v) is 13.1. The zero-order valence-electron chi connectivity index (χ0n) is 16.8. The maximum absolute atomic E-state index is 15.3. The lowest BCUT2D eigenvalue weighted by Crippen LogP contribution is -2.46. The first kappa shape index (κ1) is 28.1. The Morgan fingerprint density at radius 2 is 1.70 bits per heavy atom. The van der Waals surface area contributed by atoms with Gasteiger partial charge in [0.05, 0.1) is 11.8 Å². The highest BCUT2D eigenvalue weighted by Crippen LogP contribution is 2.66. The molecule has 1 saturated heterocycles. The number of alkyl halides is 1. The van der Waals surface area contributed by atoms with Crippen LogP contribution in [0.25, 0.3) is 0 Å². The number of aromatic amines is 1. The molecule has 0 saturated carbocycles. The molecule has 1 fully saturated rings. The Bertz CT molecular complexity index is 1180. The molecule has 0 aromatic carbocycles. The van der Waals surface area contributed by atoms with Gasteiger partial charge < -0.3 is 29.4 Å². The average molecular weight is 546 g/mol. The van der Waals surface area contributed by atoms with Crippen molar-refractivity contribution in [2.45, 2.75) is 51.0 Å². The molecule has 0 radical (unpaired) electrons. The Morgan fingerprint density at radius 3 is 2.21 bits per heavy atom. The number of nitrogens with one attached hydrogen (secondary N) is 1. The Labute approximate surface area is 182 Å². The fraction of sp³-hybridized carbons (Fsp3) is 0.667. The van der Waals surface area contributed by atoms with E-state index >= 15 is 4.39 Å². The highest BCUT2D eigenvalue weighted by atomic mass is 31.3. The number of nitrogens with zero attached hydrogens (tertiary/aromatic N) is 1. The van der Waals surface area contributed by atoms with Crippen molar-refractivity contribution in [2.75, 3.05) is 0 Å². The lowest BCUT2D eigenvalue weighted by Gasteiger charge is -2.26. The highest BCUT2D eigenvalue weighted by molar-refractivity contribution is 7.66. The molecule has 1 aliphatic heterocycles. The number of ether oxygens (including phenoxy) is 1. The molecule has 1 aliphatic rings. The summed E-state index contributed by atoms with van der Waals surface area (Å²) in [5.74, 6) is -1.45. The standard InChI is InChI=1S/C12H19F2N2O14P3/c1-4-6(13)9(18)15-11(19)16(4)10-12(3,14)8(17)7(27-10)5(2)28-32(23,24)30-33(25,26)29-31(20,21)22/h5,7-8,10,17H,1-3H3,(H,23,24)(H,25,26)(H,15,18,19)(H2,20,21,22)/t5-,7+,8?,10+,12+/m0/s1. The highest BCUT2D eigenvalue weighted by Gasteiger charge is 2.58. The molecule has 16 nitrogen and oxygen atoms in total. The fourth-order valence-corrected chi connectivity index (χ4v) is 6.19. The van der Waals surface area contributed by atoms with Gasteiger partial charge in [0.2, 0.25) is 5.82 Å². The molecule has 0 spiro atoms. The molecule has 0 aliphatic carbocycles. The Balaban J connectivity index is 2.31. The van der Waals surface area contributed by atoms with Crippen molar-refractivity contribution in [3.63, 3.8) is 0 Å². The molecular formula is C12H19F2N2O14P3. The quantitative estimate of drug-likeness (QED) is 0.229. The van der Waals surface area contributed by atoms with E-state index in [4.69, 9.17) is 19.4 Å². The number of aliphatic hydroxyl groups is 1. The van der Waals surface area contributed by atoms with Crippen LogP contribution in [0.3, 0.4) is 0 Å². The maximum Gasteiger partial charge on any atom is 0.490 e. The van der Waals surface area contributed by atoms with Crippen LogP contribution in [0.15, 0.2) is 9.59 Å². The van der Waals surface area contributed by atoms with E-state index in [2.05, 4.69) is 13.1 Å². The second-order valence-corrected chi connectivity index (χ2v) is 11.4. The van der Waals surface area contributed by atoms with E-state index in [1.807, 2.05) is 0 Å². The molecule has 0 amide bonds. The summed E-state index contributed by atoms with van der Waals surface area (Å²) in [4.78, 5) is 60.8. The van der Waals surface area contributed by atoms with Gasteiger partial charge >= 0.3 is 29.2 Å². The molecule has 21 heteroatoms. The van der Waals surface area contributed by atoms with Crippen molar-refractivity contribution in [2.24, 2.45) is 0 Å². The summed E-state index contributed by atoms with van der Waals surface area (Å²) in [7, 11) is -17.2. The lowest BCUT2D eigenvalue weighted by atomic mass is 9.96. The third kappa shape index (κ3) is 6.31.